The minimum atomic E-state index is -0.492. The van der Waals surface area contributed by atoms with Crippen LogP contribution in [-0.4, -0.2) is 13.1 Å². The van der Waals surface area contributed by atoms with Crippen LogP contribution in [0.5, 0.6) is 0 Å². The van der Waals surface area contributed by atoms with Gasteiger partial charge in [-0.2, -0.15) is 0 Å². The Balaban J connectivity index is 2.24. The monoisotopic (exact) mass is 255 g/mol. The second-order valence-electron chi connectivity index (χ2n) is 4.38. The maximum atomic E-state index is 11.9. The molecule has 0 aliphatic heterocycles. The fourth-order valence-corrected chi connectivity index (χ4v) is 1.86. The number of esters is 1. The van der Waals surface area contributed by atoms with Gasteiger partial charge >= 0.3 is 5.97 Å². The second kappa shape index (κ2) is 6.05. The summed E-state index contributed by atoms with van der Waals surface area (Å²) in [5.74, 6) is -0.299. The summed E-state index contributed by atoms with van der Waals surface area (Å²) in [5, 5.41) is 3.20. The molecule has 0 saturated carbocycles. The van der Waals surface area contributed by atoms with Crippen molar-refractivity contribution in [2.24, 2.45) is 0 Å². The standard InChI is InChI=1S/C16H17NO2/c1-12-8-10-14(11-9-12)17-15(16(18)19-2)13-6-4-3-5-7-13/h3-11,15,17H,1-2H3. The first-order valence-corrected chi connectivity index (χ1v) is 6.16. The van der Waals surface area contributed by atoms with Crippen molar-refractivity contribution in [2.75, 3.05) is 12.4 Å². The summed E-state index contributed by atoms with van der Waals surface area (Å²) in [6.45, 7) is 2.03. The number of carbonyl (C=O) groups is 1. The minimum Gasteiger partial charge on any atom is -0.467 e. The number of benzene rings is 2. The van der Waals surface area contributed by atoms with E-state index in [0.29, 0.717) is 0 Å². The van der Waals surface area contributed by atoms with Gasteiger partial charge in [0.25, 0.3) is 0 Å². The Morgan fingerprint density at radius 1 is 1.05 bits per heavy atom. The molecule has 0 saturated heterocycles. The lowest BCUT2D eigenvalue weighted by Crippen LogP contribution is -2.22. The molecule has 0 fully saturated rings. The lowest BCUT2D eigenvalue weighted by atomic mass is 10.1. The van der Waals surface area contributed by atoms with E-state index >= 15 is 0 Å². The highest BCUT2D eigenvalue weighted by Gasteiger charge is 2.20. The number of anilines is 1. The zero-order valence-corrected chi connectivity index (χ0v) is 11.1. The van der Waals surface area contributed by atoms with Gasteiger partial charge in [0.15, 0.2) is 6.04 Å². The predicted octanol–water partition coefficient (Wildman–Crippen LogP) is 3.32. The van der Waals surface area contributed by atoms with Crippen LogP contribution in [0.25, 0.3) is 0 Å². The molecule has 19 heavy (non-hydrogen) atoms. The molecule has 2 aromatic rings. The zero-order valence-electron chi connectivity index (χ0n) is 11.1. The van der Waals surface area contributed by atoms with Gasteiger partial charge in [-0.05, 0) is 24.6 Å². The van der Waals surface area contributed by atoms with E-state index in [1.165, 1.54) is 12.7 Å². The summed E-state index contributed by atoms with van der Waals surface area (Å²) < 4.78 is 4.86. The van der Waals surface area contributed by atoms with Crippen LogP contribution in [0, 0.1) is 6.92 Å². The van der Waals surface area contributed by atoms with E-state index in [4.69, 9.17) is 4.74 Å². The van der Waals surface area contributed by atoms with Crippen LogP contribution in [0.4, 0.5) is 5.69 Å². The fraction of sp³-hybridized carbons (Fsp3) is 0.188. The van der Waals surface area contributed by atoms with Crippen LogP contribution < -0.4 is 5.32 Å². The summed E-state index contributed by atoms with van der Waals surface area (Å²) >= 11 is 0. The third kappa shape index (κ3) is 3.35. The molecule has 0 heterocycles. The second-order valence-corrected chi connectivity index (χ2v) is 4.38. The molecule has 3 nitrogen and oxygen atoms in total. The summed E-state index contributed by atoms with van der Waals surface area (Å²) in [7, 11) is 1.40. The van der Waals surface area contributed by atoms with Crippen molar-refractivity contribution >= 4 is 11.7 Å². The Morgan fingerprint density at radius 3 is 2.26 bits per heavy atom. The Morgan fingerprint density at radius 2 is 1.68 bits per heavy atom. The van der Waals surface area contributed by atoms with Gasteiger partial charge in [-0.1, -0.05) is 48.0 Å². The van der Waals surface area contributed by atoms with E-state index in [1.807, 2.05) is 61.5 Å². The largest absolute Gasteiger partial charge is 0.467 e. The van der Waals surface area contributed by atoms with Crippen molar-refractivity contribution in [3.8, 4) is 0 Å². The number of hydrogen-bond acceptors (Lipinski definition) is 3. The fourth-order valence-electron chi connectivity index (χ4n) is 1.86. The minimum absolute atomic E-state index is 0.299. The first kappa shape index (κ1) is 13.1. The Bertz CT molecular complexity index is 534. The maximum absolute atomic E-state index is 11.9. The molecule has 0 aliphatic carbocycles. The zero-order chi connectivity index (χ0) is 13.7. The van der Waals surface area contributed by atoms with Gasteiger partial charge < -0.3 is 10.1 Å². The van der Waals surface area contributed by atoms with Gasteiger partial charge in [0.1, 0.15) is 0 Å². The van der Waals surface area contributed by atoms with E-state index in [-0.39, 0.29) is 5.97 Å². The summed E-state index contributed by atoms with van der Waals surface area (Å²) in [5.41, 5.74) is 2.96. The molecule has 0 radical (unpaired) electrons. The lowest BCUT2D eigenvalue weighted by Gasteiger charge is -2.18. The molecule has 0 bridgehead atoms. The van der Waals surface area contributed by atoms with Crippen LogP contribution in [0.2, 0.25) is 0 Å². The Hall–Kier alpha value is -2.29. The number of methoxy groups -OCH3 is 1. The van der Waals surface area contributed by atoms with Crippen LogP contribution in [-0.2, 0) is 9.53 Å². The van der Waals surface area contributed by atoms with Crippen molar-refractivity contribution < 1.29 is 9.53 Å². The molecule has 2 rings (SSSR count). The normalized spacial score (nSPS) is 11.7. The van der Waals surface area contributed by atoms with Gasteiger partial charge in [0.2, 0.25) is 0 Å². The van der Waals surface area contributed by atoms with Crippen LogP contribution in [0.3, 0.4) is 0 Å². The molecule has 0 aliphatic rings. The van der Waals surface area contributed by atoms with Gasteiger partial charge in [0.05, 0.1) is 7.11 Å². The molecule has 98 valence electrons. The van der Waals surface area contributed by atoms with Gasteiger partial charge in [-0.15, -0.1) is 0 Å². The average molecular weight is 255 g/mol. The van der Waals surface area contributed by atoms with Gasteiger partial charge in [0, 0.05) is 5.69 Å². The molecule has 1 atom stereocenters. The molecule has 1 N–H and O–H groups in total. The van der Waals surface area contributed by atoms with Crippen LogP contribution >= 0.6 is 0 Å². The number of rotatable bonds is 4. The number of nitrogens with one attached hydrogen (secondary N) is 1. The summed E-state index contributed by atoms with van der Waals surface area (Å²) in [6.07, 6.45) is 0. The van der Waals surface area contributed by atoms with E-state index in [9.17, 15) is 4.79 Å². The van der Waals surface area contributed by atoms with E-state index in [1.54, 1.807) is 0 Å². The first-order valence-electron chi connectivity index (χ1n) is 6.16. The van der Waals surface area contributed by atoms with Crippen molar-refractivity contribution in [3.63, 3.8) is 0 Å². The molecule has 3 heteroatoms. The van der Waals surface area contributed by atoms with Crippen LogP contribution in [0.15, 0.2) is 54.6 Å². The predicted molar refractivity (Wildman–Crippen MR) is 76.0 cm³/mol. The molecule has 0 aromatic heterocycles. The third-order valence-corrected chi connectivity index (χ3v) is 2.93. The Kier molecular flexibility index (Phi) is 4.18. The molecule has 0 spiro atoms. The molecule has 1 unspecified atom stereocenters. The van der Waals surface area contributed by atoms with Crippen molar-refractivity contribution in [2.45, 2.75) is 13.0 Å². The van der Waals surface area contributed by atoms with Gasteiger partial charge in [-0.3, -0.25) is 0 Å². The highest BCUT2D eigenvalue weighted by atomic mass is 16.5. The smallest absolute Gasteiger partial charge is 0.332 e. The highest BCUT2D eigenvalue weighted by molar-refractivity contribution is 5.81. The molecular formula is C16H17NO2. The van der Waals surface area contributed by atoms with Gasteiger partial charge in [-0.25, -0.2) is 4.79 Å². The number of aryl methyl sites for hydroxylation is 1. The maximum Gasteiger partial charge on any atom is 0.332 e. The summed E-state index contributed by atoms with van der Waals surface area (Å²) in [6, 6.07) is 17.0. The number of carbonyl (C=O) groups excluding carboxylic acids is 1. The highest BCUT2D eigenvalue weighted by Crippen LogP contribution is 2.21. The van der Waals surface area contributed by atoms with Crippen molar-refractivity contribution in [1.29, 1.82) is 0 Å². The van der Waals surface area contributed by atoms with Crippen LogP contribution in [0.1, 0.15) is 17.2 Å². The summed E-state index contributed by atoms with van der Waals surface area (Å²) in [4.78, 5) is 11.9. The Labute approximate surface area is 113 Å². The first-order chi connectivity index (χ1) is 9.20. The SMILES string of the molecule is COC(=O)C(Nc1ccc(C)cc1)c1ccccc1. The third-order valence-electron chi connectivity index (χ3n) is 2.93. The van der Waals surface area contributed by atoms with E-state index in [2.05, 4.69) is 5.32 Å². The number of ether oxygens (including phenoxy) is 1. The molecule has 0 amide bonds. The molecular weight excluding hydrogens is 238 g/mol. The lowest BCUT2D eigenvalue weighted by molar-refractivity contribution is -0.141. The van der Waals surface area contributed by atoms with Crippen molar-refractivity contribution in [3.05, 3.63) is 65.7 Å². The quantitative estimate of drug-likeness (QED) is 0.852. The van der Waals surface area contributed by atoms with E-state index < -0.39 is 6.04 Å². The average Bonchev–Trinajstić information content (AvgIpc) is 2.47. The molecule has 2 aromatic carbocycles. The van der Waals surface area contributed by atoms with Crippen molar-refractivity contribution in [1.82, 2.24) is 0 Å². The number of hydrogen-bond donors (Lipinski definition) is 1. The topological polar surface area (TPSA) is 38.3 Å². The van der Waals surface area contributed by atoms with E-state index in [0.717, 1.165) is 11.3 Å².